The first-order chi connectivity index (χ1) is 14.3. The molecule has 6 nitrogen and oxygen atoms in total. The molecule has 0 radical (unpaired) electrons. The minimum Gasteiger partial charge on any atom is -0.489 e. The van der Waals surface area contributed by atoms with Crippen LogP contribution in [0.3, 0.4) is 0 Å². The van der Waals surface area contributed by atoms with Crippen LogP contribution < -0.4 is 14.8 Å². The molecule has 0 fully saturated rings. The van der Waals surface area contributed by atoms with Crippen LogP contribution in [-0.4, -0.2) is 14.4 Å². The smallest absolute Gasteiger partial charge is 0.329 e. The molecular weight excluding hydrogens is 400 g/mol. The second kappa shape index (κ2) is 9.45. The number of hydrogen-bond donors (Lipinski definition) is 2. The molecular formula is C23H24N2O4S. The molecule has 0 aliphatic rings. The van der Waals surface area contributed by atoms with Gasteiger partial charge in [-0.15, -0.1) is 0 Å². The standard InChI is InChI=1S/C23H24N2O4S/c1-17-12-14-20(15-13-17)30(27,28)25-23(26)24-18(2)21-10-6-7-11-22(21)29-16-19-8-4-3-5-9-19/h3-15,18H,16H2,1-2H3,(H2,24,25,26). The highest BCUT2D eigenvalue weighted by molar-refractivity contribution is 7.90. The van der Waals surface area contributed by atoms with Crippen LogP contribution in [0.2, 0.25) is 0 Å². The highest BCUT2D eigenvalue weighted by Gasteiger charge is 2.20. The number of urea groups is 1. The maximum absolute atomic E-state index is 12.4. The number of nitrogens with one attached hydrogen (secondary N) is 2. The Bertz CT molecular complexity index is 1100. The second-order valence-electron chi connectivity index (χ2n) is 6.93. The van der Waals surface area contributed by atoms with Crippen molar-refractivity contribution in [1.82, 2.24) is 10.0 Å². The van der Waals surface area contributed by atoms with Crippen molar-refractivity contribution in [3.05, 3.63) is 95.6 Å². The lowest BCUT2D eigenvalue weighted by atomic mass is 10.1. The molecule has 0 heterocycles. The Morgan fingerprint density at radius 2 is 1.57 bits per heavy atom. The molecule has 2 N–H and O–H groups in total. The van der Waals surface area contributed by atoms with Crippen LogP contribution in [0.5, 0.6) is 5.75 Å². The zero-order chi connectivity index (χ0) is 21.6. The van der Waals surface area contributed by atoms with Crippen LogP contribution in [0.4, 0.5) is 4.79 Å². The molecule has 0 spiro atoms. The zero-order valence-corrected chi connectivity index (χ0v) is 17.6. The van der Waals surface area contributed by atoms with E-state index in [0.717, 1.165) is 16.7 Å². The van der Waals surface area contributed by atoms with E-state index < -0.39 is 22.1 Å². The number of sulfonamides is 1. The lowest BCUT2D eigenvalue weighted by Gasteiger charge is -2.19. The van der Waals surface area contributed by atoms with E-state index in [0.29, 0.717) is 12.4 Å². The van der Waals surface area contributed by atoms with Crippen LogP contribution in [0.15, 0.2) is 83.8 Å². The summed E-state index contributed by atoms with van der Waals surface area (Å²) in [4.78, 5) is 12.4. The monoisotopic (exact) mass is 424 g/mol. The van der Waals surface area contributed by atoms with Gasteiger partial charge in [0.25, 0.3) is 10.0 Å². The van der Waals surface area contributed by atoms with Crippen molar-refractivity contribution in [3.63, 3.8) is 0 Å². The molecule has 3 aromatic carbocycles. The van der Waals surface area contributed by atoms with Gasteiger partial charge in [0.05, 0.1) is 10.9 Å². The van der Waals surface area contributed by atoms with Gasteiger partial charge in [0.2, 0.25) is 0 Å². The summed E-state index contributed by atoms with van der Waals surface area (Å²) in [5.41, 5.74) is 2.70. The third kappa shape index (κ3) is 5.61. The molecule has 0 aromatic heterocycles. The van der Waals surface area contributed by atoms with Gasteiger partial charge in [0.15, 0.2) is 0 Å². The summed E-state index contributed by atoms with van der Waals surface area (Å²) in [6.07, 6.45) is 0. The van der Waals surface area contributed by atoms with Crippen molar-refractivity contribution in [2.24, 2.45) is 0 Å². The van der Waals surface area contributed by atoms with Gasteiger partial charge >= 0.3 is 6.03 Å². The van der Waals surface area contributed by atoms with Gasteiger partial charge in [-0.1, -0.05) is 66.2 Å². The first-order valence-electron chi connectivity index (χ1n) is 9.51. The predicted molar refractivity (Wildman–Crippen MR) is 116 cm³/mol. The lowest BCUT2D eigenvalue weighted by Crippen LogP contribution is -2.40. The quantitative estimate of drug-likeness (QED) is 0.591. The Kier molecular flexibility index (Phi) is 6.74. The summed E-state index contributed by atoms with van der Waals surface area (Å²) in [6.45, 7) is 4.01. The van der Waals surface area contributed by atoms with Gasteiger partial charge in [-0.3, -0.25) is 0 Å². The Morgan fingerprint density at radius 3 is 2.27 bits per heavy atom. The normalized spacial score (nSPS) is 12.1. The minimum atomic E-state index is -3.95. The van der Waals surface area contributed by atoms with E-state index in [4.69, 9.17) is 4.74 Å². The summed E-state index contributed by atoms with van der Waals surface area (Å²) in [5.74, 6) is 0.621. The third-order valence-electron chi connectivity index (χ3n) is 4.53. The molecule has 0 aliphatic carbocycles. The molecule has 156 valence electrons. The molecule has 7 heteroatoms. The molecule has 0 bridgehead atoms. The van der Waals surface area contributed by atoms with Crippen LogP contribution in [0.1, 0.15) is 29.7 Å². The first-order valence-corrected chi connectivity index (χ1v) is 11.0. The molecule has 3 aromatic rings. The van der Waals surface area contributed by atoms with Crippen molar-refractivity contribution < 1.29 is 17.9 Å². The minimum absolute atomic E-state index is 0.0301. The number of amides is 2. The summed E-state index contributed by atoms with van der Waals surface area (Å²) in [7, 11) is -3.95. The second-order valence-corrected chi connectivity index (χ2v) is 8.61. The van der Waals surface area contributed by atoms with Crippen LogP contribution in [0.25, 0.3) is 0 Å². The van der Waals surface area contributed by atoms with Crippen LogP contribution >= 0.6 is 0 Å². The topological polar surface area (TPSA) is 84.5 Å². The number of rotatable bonds is 7. The van der Waals surface area contributed by atoms with E-state index in [2.05, 4.69) is 10.0 Å². The van der Waals surface area contributed by atoms with E-state index in [9.17, 15) is 13.2 Å². The molecule has 0 saturated heterocycles. The number of carbonyl (C=O) groups is 1. The van der Waals surface area contributed by atoms with Gasteiger partial charge < -0.3 is 10.1 Å². The van der Waals surface area contributed by atoms with Crippen molar-refractivity contribution >= 4 is 16.1 Å². The summed E-state index contributed by atoms with van der Waals surface area (Å²) >= 11 is 0. The van der Waals surface area contributed by atoms with Crippen molar-refractivity contribution in [2.75, 3.05) is 0 Å². The molecule has 0 saturated carbocycles. The zero-order valence-electron chi connectivity index (χ0n) is 16.8. The fraction of sp³-hybridized carbons (Fsp3) is 0.174. The third-order valence-corrected chi connectivity index (χ3v) is 5.88. The fourth-order valence-corrected chi connectivity index (χ4v) is 3.82. The van der Waals surface area contributed by atoms with Gasteiger partial charge in [-0.05, 0) is 37.6 Å². The Hall–Kier alpha value is -3.32. The number of carbonyl (C=O) groups excluding carboxylic acids is 1. The van der Waals surface area contributed by atoms with Crippen molar-refractivity contribution in [2.45, 2.75) is 31.4 Å². The van der Waals surface area contributed by atoms with E-state index in [1.807, 2.05) is 61.5 Å². The van der Waals surface area contributed by atoms with Gasteiger partial charge in [-0.25, -0.2) is 17.9 Å². The van der Waals surface area contributed by atoms with Crippen molar-refractivity contribution in [3.8, 4) is 5.75 Å². The molecule has 1 atom stereocenters. The number of hydrogen-bond acceptors (Lipinski definition) is 4. The average molecular weight is 425 g/mol. The van der Waals surface area contributed by atoms with E-state index >= 15 is 0 Å². The predicted octanol–water partition coefficient (Wildman–Crippen LogP) is 4.32. The number of ether oxygens (including phenoxy) is 1. The van der Waals surface area contributed by atoms with E-state index in [1.54, 1.807) is 19.1 Å². The van der Waals surface area contributed by atoms with Gasteiger partial charge in [-0.2, -0.15) is 0 Å². The molecule has 3 rings (SSSR count). The molecule has 30 heavy (non-hydrogen) atoms. The molecule has 1 unspecified atom stereocenters. The largest absolute Gasteiger partial charge is 0.489 e. The number of aryl methyl sites for hydroxylation is 1. The highest BCUT2D eigenvalue weighted by Crippen LogP contribution is 2.25. The SMILES string of the molecule is Cc1ccc(S(=O)(=O)NC(=O)NC(C)c2ccccc2OCc2ccccc2)cc1. The summed E-state index contributed by atoms with van der Waals surface area (Å²) in [5, 5.41) is 2.66. The Balaban J connectivity index is 1.66. The Morgan fingerprint density at radius 1 is 0.933 bits per heavy atom. The van der Waals surface area contributed by atoms with E-state index in [1.165, 1.54) is 12.1 Å². The van der Waals surface area contributed by atoms with E-state index in [-0.39, 0.29) is 4.90 Å². The molecule has 0 aliphatic heterocycles. The fourth-order valence-electron chi connectivity index (χ4n) is 2.91. The maximum Gasteiger partial charge on any atom is 0.329 e. The highest BCUT2D eigenvalue weighted by atomic mass is 32.2. The average Bonchev–Trinajstić information content (AvgIpc) is 2.73. The summed E-state index contributed by atoms with van der Waals surface area (Å²) < 4.78 is 32.8. The lowest BCUT2D eigenvalue weighted by molar-refractivity contribution is 0.242. The number of para-hydroxylation sites is 1. The Labute approximate surface area is 177 Å². The van der Waals surface area contributed by atoms with Gasteiger partial charge in [0, 0.05) is 5.56 Å². The van der Waals surface area contributed by atoms with Crippen LogP contribution in [-0.2, 0) is 16.6 Å². The maximum atomic E-state index is 12.4. The summed E-state index contributed by atoms with van der Waals surface area (Å²) in [6, 6.07) is 22.1. The molecule has 2 amide bonds. The van der Waals surface area contributed by atoms with Crippen molar-refractivity contribution in [1.29, 1.82) is 0 Å². The van der Waals surface area contributed by atoms with Gasteiger partial charge in [0.1, 0.15) is 12.4 Å². The number of benzene rings is 3. The first kappa shape index (κ1) is 21.4. The van der Waals surface area contributed by atoms with Crippen LogP contribution in [0, 0.1) is 6.92 Å².